The van der Waals surface area contributed by atoms with Crippen molar-refractivity contribution in [3.05, 3.63) is 53.1 Å². The van der Waals surface area contributed by atoms with E-state index in [9.17, 15) is 4.79 Å². The standard InChI is InChI=1S/C19H23ClN2O3.ClH/c1-4-25-16-8-5-14(6-9-16)12-22(19(23)13(2)21)15-7-10-18(24-3)17(20)11-15;/h5-11,13H,4,12,21H2,1-3H3;1H/t13-;/m0./s1. The fourth-order valence-corrected chi connectivity index (χ4v) is 2.66. The van der Waals surface area contributed by atoms with Crippen molar-refractivity contribution in [2.75, 3.05) is 18.6 Å². The number of hydrogen-bond donors (Lipinski definition) is 1. The van der Waals surface area contributed by atoms with Crippen LogP contribution in [0.3, 0.4) is 0 Å². The van der Waals surface area contributed by atoms with Crippen LogP contribution in [0.1, 0.15) is 19.4 Å². The molecule has 7 heteroatoms. The van der Waals surface area contributed by atoms with E-state index < -0.39 is 6.04 Å². The van der Waals surface area contributed by atoms with E-state index in [4.69, 9.17) is 26.8 Å². The van der Waals surface area contributed by atoms with Crippen molar-refractivity contribution in [1.29, 1.82) is 0 Å². The Morgan fingerprint density at radius 2 is 1.88 bits per heavy atom. The summed E-state index contributed by atoms with van der Waals surface area (Å²) in [4.78, 5) is 14.2. The molecule has 0 aliphatic heterocycles. The Kier molecular flexibility index (Phi) is 8.72. The van der Waals surface area contributed by atoms with Crippen LogP contribution in [-0.4, -0.2) is 25.7 Å². The number of benzene rings is 2. The highest BCUT2D eigenvalue weighted by Gasteiger charge is 2.20. The van der Waals surface area contributed by atoms with Crippen LogP contribution >= 0.6 is 24.0 Å². The topological polar surface area (TPSA) is 64.8 Å². The lowest BCUT2D eigenvalue weighted by Gasteiger charge is -2.25. The van der Waals surface area contributed by atoms with Crippen molar-refractivity contribution >= 4 is 35.6 Å². The Balaban J connectivity index is 0.00000338. The zero-order valence-corrected chi connectivity index (χ0v) is 16.6. The summed E-state index contributed by atoms with van der Waals surface area (Å²) in [5.41, 5.74) is 7.45. The summed E-state index contributed by atoms with van der Waals surface area (Å²) in [5.74, 6) is 1.17. The van der Waals surface area contributed by atoms with Crippen LogP contribution in [0, 0.1) is 0 Å². The summed E-state index contributed by atoms with van der Waals surface area (Å²) in [5, 5.41) is 0.439. The number of halogens is 2. The molecule has 0 unspecified atom stereocenters. The highest BCUT2D eigenvalue weighted by molar-refractivity contribution is 6.32. The molecule has 0 bridgehead atoms. The fourth-order valence-electron chi connectivity index (χ4n) is 2.41. The van der Waals surface area contributed by atoms with Crippen molar-refractivity contribution in [1.82, 2.24) is 0 Å². The van der Waals surface area contributed by atoms with Gasteiger partial charge in [-0.1, -0.05) is 23.7 Å². The summed E-state index contributed by atoms with van der Waals surface area (Å²) in [6.45, 7) is 4.59. The van der Waals surface area contributed by atoms with Crippen molar-refractivity contribution in [2.24, 2.45) is 5.73 Å². The molecule has 0 aliphatic rings. The molecule has 2 rings (SSSR count). The average Bonchev–Trinajstić information content (AvgIpc) is 2.60. The molecule has 2 aromatic carbocycles. The maximum absolute atomic E-state index is 12.6. The van der Waals surface area contributed by atoms with E-state index in [0.29, 0.717) is 29.6 Å². The van der Waals surface area contributed by atoms with Gasteiger partial charge >= 0.3 is 0 Å². The van der Waals surface area contributed by atoms with E-state index in [1.165, 1.54) is 0 Å². The van der Waals surface area contributed by atoms with Crippen LogP contribution in [-0.2, 0) is 11.3 Å². The van der Waals surface area contributed by atoms with E-state index in [-0.39, 0.29) is 18.3 Å². The van der Waals surface area contributed by atoms with Crippen LogP contribution < -0.4 is 20.1 Å². The van der Waals surface area contributed by atoms with Crippen molar-refractivity contribution in [2.45, 2.75) is 26.4 Å². The number of carbonyl (C=O) groups is 1. The first-order valence-corrected chi connectivity index (χ1v) is 8.46. The molecule has 1 atom stereocenters. The maximum Gasteiger partial charge on any atom is 0.243 e. The van der Waals surface area contributed by atoms with Gasteiger partial charge in [0.2, 0.25) is 5.91 Å². The lowest BCUT2D eigenvalue weighted by molar-refractivity contribution is -0.119. The van der Waals surface area contributed by atoms with Gasteiger partial charge in [-0.25, -0.2) is 0 Å². The quantitative estimate of drug-likeness (QED) is 0.763. The summed E-state index contributed by atoms with van der Waals surface area (Å²) in [7, 11) is 1.55. The van der Waals surface area contributed by atoms with Gasteiger partial charge in [0.15, 0.2) is 0 Å². The number of amides is 1. The molecule has 0 radical (unpaired) electrons. The molecule has 0 aromatic heterocycles. The van der Waals surface area contributed by atoms with E-state index in [1.54, 1.807) is 37.1 Å². The normalized spacial score (nSPS) is 11.3. The van der Waals surface area contributed by atoms with E-state index in [0.717, 1.165) is 11.3 Å². The largest absolute Gasteiger partial charge is 0.495 e. The number of nitrogens with zero attached hydrogens (tertiary/aromatic N) is 1. The van der Waals surface area contributed by atoms with Gasteiger partial charge in [-0.3, -0.25) is 4.79 Å². The van der Waals surface area contributed by atoms with Crippen LogP contribution in [0.25, 0.3) is 0 Å². The summed E-state index contributed by atoms with van der Waals surface area (Å²) in [6, 6.07) is 12.2. The Morgan fingerprint density at radius 1 is 1.23 bits per heavy atom. The minimum Gasteiger partial charge on any atom is -0.495 e. The van der Waals surface area contributed by atoms with Crippen LogP contribution in [0.4, 0.5) is 5.69 Å². The first-order chi connectivity index (χ1) is 12.0. The van der Waals surface area contributed by atoms with Gasteiger partial charge in [0.05, 0.1) is 31.3 Å². The number of ether oxygens (including phenoxy) is 2. The molecule has 26 heavy (non-hydrogen) atoms. The summed E-state index contributed by atoms with van der Waals surface area (Å²) in [6.07, 6.45) is 0. The molecule has 5 nitrogen and oxygen atoms in total. The number of hydrogen-bond acceptors (Lipinski definition) is 4. The Bertz CT molecular complexity index is 721. The lowest BCUT2D eigenvalue weighted by Crippen LogP contribution is -2.41. The van der Waals surface area contributed by atoms with Gasteiger partial charge < -0.3 is 20.1 Å². The van der Waals surface area contributed by atoms with Gasteiger partial charge in [-0.2, -0.15) is 0 Å². The van der Waals surface area contributed by atoms with E-state index in [1.807, 2.05) is 31.2 Å². The smallest absolute Gasteiger partial charge is 0.243 e. The minimum absolute atomic E-state index is 0. The zero-order chi connectivity index (χ0) is 18.4. The molecule has 1 amide bonds. The van der Waals surface area contributed by atoms with E-state index >= 15 is 0 Å². The molecular weight excluding hydrogens is 375 g/mol. The first kappa shape index (κ1) is 22.1. The molecule has 2 N–H and O–H groups in total. The Morgan fingerprint density at radius 3 is 2.38 bits per heavy atom. The minimum atomic E-state index is -0.622. The van der Waals surface area contributed by atoms with Crippen LogP contribution in [0.15, 0.2) is 42.5 Å². The van der Waals surface area contributed by atoms with Gasteiger partial charge in [-0.05, 0) is 49.7 Å². The highest BCUT2D eigenvalue weighted by atomic mass is 35.5. The molecule has 0 fully saturated rings. The third-order valence-electron chi connectivity index (χ3n) is 3.68. The monoisotopic (exact) mass is 398 g/mol. The highest BCUT2D eigenvalue weighted by Crippen LogP contribution is 2.30. The number of carbonyl (C=O) groups excluding carboxylic acids is 1. The fraction of sp³-hybridized carbons (Fsp3) is 0.316. The third-order valence-corrected chi connectivity index (χ3v) is 3.97. The second-order valence-electron chi connectivity index (χ2n) is 5.61. The van der Waals surface area contributed by atoms with Crippen LogP contribution in [0.5, 0.6) is 11.5 Å². The van der Waals surface area contributed by atoms with Gasteiger partial charge in [0.1, 0.15) is 11.5 Å². The molecule has 0 aliphatic carbocycles. The SMILES string of the molecule is CCOc1ccc(CN(C(=O)[C@H](C)N)c2ccc(OC)c(Cl)c2)cc1.Cl. The van der Waals surface area contributed by atoms with Crippen molar-refractivity contribution < 1.29 is 14.3 Å². The van der Waals surface area contributed by atoms with Crippen molar-refractivity contribution in [3.63, 3.8) is 0 Å². The van der Waals surface area contributed by atoms with Crippen LogP contribution in [0.2, 0.25) is 5.02 Å². The maximum atomic E-state index is 12.6. The first-order valence-electron chi connectivity index (χ1n) is 8.08. The molecular formula is C19H24Cl2N2O3. The molecule has 0 saturated carbocycles. The van der Waals surface area contributed by atoms with Gasteiger partial charge in [0.25, 0.3) is 0 Å². The Hall–Kier alpha value is -1.95. The second-order valence-corrected chi connectivity index (χ2v) is 6.02. The molecule has 0 saturated heterocycles. The molecule has 0 spiro atoms. The van der Waals surface area contributed by atoms with E-state index in [2.05, 4.69) is 0 Å². The molecule has 2 aromatic rings. The predicted octanol–water partition coefficient (Wildman–Crippen LogP) is 4.05. The second kappa shape index (κ2) is 10.3. The number of nitrogens with two attached hydrogens (primary N) is 1. The summed E-state index contributed by atoms with van der Waals surface area (Å²) >= 11 is 6.21. The van der Waals surface area contributed by atoms with Gasteiger partial charge in [-0.15, -0.1) is 12.4 Å². The Labute approximate surface area is 165 Å². The third kappa shape index (κ3) is 5.53. The molecule has 0 heterocycles. The number of rotatable bonds is 7. The average molecular weight is 399 g/mol. The zero-order valence-electron chi connectivity index (χ0n) is 15.1. The predicted molar refractivity (Wildman–Crippen MR) is 108 cm³/mol. The lowest BCUT2D eigenvalue weighted by atomic mass is 10.1. The van der Waals surface area contributed by atoms with Crippen molar-refractivity contribution in [3.8, 4) is 11.5 Å². The summed E-state index contributed by atoms with van der Waals surface area (Å²) < 4.78 is 10.6. The number of anilines is 1. The van der Waals surface area contributed by atoms with Gasteiger partial charge in [0, 0.05) is 5.69 Å². The molecule has 142 valence electrons. The number of methoxy groups -OCH3 is 1.